The third kappa shape index (κ3) is 2.90. The number of anilines is 1. The number of nitrogens with one attached hydrogen (secondary N) is 2. The van der Waals surface area contributed by atoms with Crippen LogP contribution in [0.2, 0.25) is 0 Å². The van der Waals surface area contributed by atoms with Gasteiger partial charge in [-0.25, -0.2) is 9.18 Å². The molecule has 2 atom stereocenters. The Balaban J connectivity index is 1.88. The first-order chi connectivity index (χ1) is 10.9. The highest BCUT2D eigenvalue weighted by Crippen LogP contribution is 2.35. The number of carbonyl (C=O) groups is 3. The standard InChI is InChI=1S/C15H15FN2O4S/c16-8-1-2-9-10(6-12(19)17-11(9)5-8)13(20)18-15(14(21)22)3-4-23-7-15/h1-2,5,10H,3-4,6-7H2,(H,17,19)(H,18,20)(H,21,22). The number of carboxylic acid groups (broad SMARTS) is 1. The van der Waals surface area contributed by atoms with Gasteiger partial charge in [0.05, 0.1) is 5.92 Å². The average Bonchev–Trinajstić information content (AvgIpc) is 2.95. The molecule has 2 amide bonds. The monoisotopic (exact) mass is 338 g/mol. The number of amides is 2. The van der Waals surface area contributed by atoms with Gasteiger partial charge in [0, 0.05) is 17.9 Å². The van der Waals surface area contributed by atoms with Crippen molar-refractivity contribution in [1.82, 2.24) is 5.32 Å². The predicted molar refractivity (Wildman–Crippen MR) is 82.8 cm³/mol. The van der Waals surface area contributed by atoms with E-state index in [2.05, 4.69) is 10.6 Å². The fourth-order valence-corrected chi connectivity index (χ4v) is 4.21. The van der Waals surface area contributed by atoms with Crippen LogP contribution < -0.4 is 10.6 Å². The molecular formula is C15H15FN2O4S. The Morgan fingerprint density at radius 3 is 2.87 bits per heavy atom. The molecule has 0 aromatic heterocycles. The summed E-state index contributed by atoms with van der Waals surface area (Å²) in [5.74, 6) is -2.37. The second-order valence-electron chi connectivity index (χ2n) is 5.72. The van der Waals surface area contributed by atoms with Crippen molar-refractivity contribution in [3.63, 3.8) is 0 Å². The summed E-state index contributed by atoms with van der Waals surface area (Å²) in [7, 11) is 0. The summed E-state index contributed by atoms with van der Waals surface area (Å²) in [6, 6.07) is 3.82. The Morgan fingerprint density at radius 2 is 2.22 bits per heavy atom. The molecule has 1 aromatic carbocycles. The third-order valence-corrected chi connectivity index (χ3v) is 5.35. The van der Waals surface area contributed by atoms with Crippen LogP contribution in [0.15, 0.2) is 18.2 Å². The zero-order valence-corrected chi connectivity index (χ0v) is 12.9. The maximum atomic E-state index is 13.3. The number of carboxylic acids is 1. The summed E-state index contributed by atoms with van der Waals surface area (Å²) in [6.07, 6.45) is 0.251. The van der Waals surface area contributed by atoms with Gasteiger partial charge in [0.2, 0.25) is 11.8 Å². The molecule has 122 valence electrons. The first-order valence-electron chi connectivity index (χ1n) is 7.14. The molecule has 1 fully saturated rings. The van der Waals surface area contributed by atoms with Gasteiger partial charge >= 0.3 is 5.97 Å². The van der Waals surface area contributed by atoms with Crippen LogP contribution in [0.4, 0.5) is 10.1 Å². The van der Waals surface area contributed by atoms with Crippen LogP contribution in [0.1, 0.15) is 24.3 Å². The largest absolute Gasteiger partial charge is 0.479 e. The Morgan fingerprint density at radius 1 is 1.43 bits per heavy atom. The Labute approximate surface area is 135 Å². The normalized spacial score (nSPS) is 26.3. The van der Waals surface area contributed by atoms with Crippen LogP contribution in [-0.2, 0) is 14.4 Å². The van der Waals surface area contributed by atoms with E-state index in [9.17, 15) is 23.9 Å². The molecule has 8 heteroatoms. The van der Waals surface area contributed by atoms with Gasteiger partial charge < -0.3 is 15.7 Å². The van der Waals surface area contributed by atoms with Crippen molar-refractivity contribution in [1.29, 1.82) is 0 Å². The molecule has 6 nitrogen and oxygen atoms in total. The van der Waals surface area contributed by atoms with Gasteiger partial charge in [-0.2, -0.15) is 11.8 Å². The molecule has 2 aliphatic rings. The molecule has 2 unspecified atom stereocenters. The molecular weight excluding hydrogens is 323 g/mol. The van der Waals surface area contributed by atoms with Crippen molar-refractivity contribution in [3.05, 3.63) is 29.6 Å². The Hall–Kier alpha value is -2.09. The van der Waals surface area contributed by atoms with E-state index < -0.39 is 35.1 Å². The predicted octanol–water partition coefficient (Wildman–Crippen LogP) is 1.33. The minimum absolute atomic E-state index is 0.0900. The molecule has 23 heavy (non-hydrogen) atoms. The minimum atomic E-state index is -1.30. The van der Waals surface area contributed by atoms with Crippen molar-refractivity contribution < 1.29 is 23.9 Å². The smallest absolute Gasteiger partial charge is 0.330 e. The fourth-order valence-electron chi connectivity index (χ4n) is 2.88. The number of hydrogen-bond donors (Lipinski definition) is 3. The zero-order chi connectivity index (χ0) is 16.6. The van der Waals surface area contributed by atoms with E-state index in [1.165, 1.54) is 23.9 Å². The van der Waals surface area contributed by atoms with Crippen molar-refractivity contribution in [3.8, 4) is 0 Å². The van der Waals surface area contributed by atoms with E-state index in [0.717, 1.165) is 6.07 Å². The number of carbonyl (C=O) groups excluding carboxylic acids is 2. The van der Waals surface area contributed by atoms with Gasteiger partial charge in [-0.1, -0.05) is 6.07 Å². The van der Waals surface area contributed by atoms with Gasteiger partial charge in [0.25, 0.3) is 0 Å². The van der Waals surface area contributed by atoms with Crippen LogP contribution >= 0.6 is 11.8 Å². The molecule has 0 saturated carbocycles. The molecule has 0 bridgehead atoms. The SMILES string of the molecule is O=C1CC(C(=O)NC2(C(=O)O)CCSC2)c2ccc(F)cc2N1. The zero-order valence-electron chi connectivity index (χ0n) is 12.1. The molecule has 2 aliphatic heterocycles. The van der Waals surface area contributed by atoms with E-state index in [1.54, 1.807) is 0 Å². The number of rotatable bonds is 3. The van der Waals surface area contributed by atoms with Crippen molar-refractivity contribution >= 4 is 35.2 Å². The number of fused-ring (bicyclic) bond motifs is 1. The quantitative estimate of drug-likeness (QED) is 0.773. The van der Waals surface area contributed by atoms with E-state index >= 15 is 0 Å². The lowest BCUT2D eigenvalue weighted by Crippen LogP contribution is -2.56. The summed E-state index contributed by atoms with van der Waals surface area (Å²) in [4.78, 5) is 35.9. The van der Waals surface area contributed by atoms with Crippen molar-refractivity contribution in [2.75, 3.05) is 16.8 Å². The van der Waals surface area contributed by atoms with Gasteiger partial charge in [-0.05, 0) is 29.9 Å². The molecule has 2 heterocycles. The highest BCUT2D eigenvalue weighted by Gasteiger charge is 2.45. The van der Waals surface area contributed by atoms with Crippen LogP contribution in [0.3, 0.4) is 0 Å². The van der Waals surface area contributed by atoms with E-state index in [4.69, 9.17) is 0 Å². The summed E-state index contributed by atoms with van der Waals surface area (Å²) >= 11 is 1.46. The molecule has 0 radical (unpaired) electrons. The molecule has 0 aliphatic carbocycles. The summed E-state index contributed by atoms with van der Waals surface area (Å²) < 4.78 is 13.3. The molecule has 3 N–H and O–H groups in total. The maximum absolute atomic E-state index is 13.3. The number of hydrogen-bond acceptors (Lipinski definition) is 4. The average molecular weight is 338 g/mol. The number of benzene rings is 1. The van der Waals surface area contributed by atoms with E-state index in [1.807, 2.05) is 0 Å². The second-order valence-corrected chi connectivity index (χ2v) is 6.82. The van der Waals surface area contributed by atoms with Crippen molar-refractivity contribution in [2.45, 2.75) is 24.3 Å². The highest BCUT2D eigenvalue weighted by molar-refractivity contribution is 7.99. The van der Waals surface area contributed by atoms with Gasteiger partial charge in [0.1, 0.15) is 11.4 Å². The van der Waals surface area contributed by atoms with E-state index in [0.29, 0.717) is 23.5 Å². The van der Waals surface area contributed by atoms with E-state index in [-0.39, 0.29) is 12.1 Å². The molecule has 0 spiro atoms. The topological polar surface area (TPSA) is 95.5 Å². The second kappa shape index (κ2) is 5.84. The first-order valence-corrected chi connectivity index (χ1v) is 8.29. The lowest BCUT2D eigenvalue weighted by Gasteiger charge is -2.30. The number of aliphatic carboxylic acids is 1. The first kappa shape index (κ1) is 15.8. The van der Waals surface area contributed by atoms with Gasteiger partial charge in [-0.3, -0.25) is 9.59 Å². The Kier molecular flexibility index (Phi) is 4.01. The molecule has 1 aromatic rings. The highest BCUT2D eigenvalue weighted by atomic mass is 32.2. The minimum Gasteiger partial charge on any atom is -0.479 e. The van der Waals surface area contributed by atoms with Crippen LogP contribution in [0.25, 0.3) is 0 Å². The van der Waals surface area contributed by atoms with Crippen LogP contribution in [0, 0.1) is 5.82 Å². The third-order valence-electron chi connectivity index (χ3n) is 4.16. The van der Waals surface area contributed by atoms with Crippen LogP contribution in [-0.4, -0.2) is 39.9 Å². The summed E-state index contributed by atoms with van der Waals surface area (Å²) in [5.41, 5.74) is -0.545. The Bertz CT molecular complexity index is 688. The summed E-state index contributed by atoms with van der Waals surface area (Å²) in [6.45, 7) is 0. The lowest BCUT2D eigenvalue weighted by atomic mass is 9.88. The van der Waals surface area contributed by atoms with Crippen molar-refractivity contribution in [2.24, 2.45) is 0 Å². The van der Waals surface area contributed by atoms with Crippen LogP contribution in [0.5, 0.6) is 0 Å². The van der Waals surface area contributed by atoms with Gasteiger partial charge in [0.15, 0.2) is 0 Å². The molecule has 3 rings (SSSR count). The maximum Gasteiger partial charge on any atom is 0.330 e. The lowest BCUT2D eigenvalue weighted by molar-refractivity contribution is -0.146. The molecule has 1 saturated heterocycles. The van der Waals surface area contributed by atoms with Gasteiger partial charge in [-0.15, -0.1) is 0 Å². The fraction of sp³-hybridized carbons (Fsp3) is 0.400. The number of thioether (sulfide) groups is 1. The number of halogens is 1. The summed E-state index contributed by atoms with van der Waals surface area (Å²) in [5, 5.41) is 14.6.